The third-order valence-corrected chi connectivity index (χ3v) is 5.18. The SMILES string of the molecule is CC(=O)OC[C@H]1O[C@@]2(OCCN(C)C)CCC1(OC(C)=O)C(OC(C)=O)[C@@H]2OC(C)=O. The Morgan fingerprint density at radius 1 is 0.903 bits per heavy atom. The Bertz CT molecular complexity index is 710. The molecule has 0 aromatic heterocycles. The van der Waals surface area contributed by atoms with E-state index in [-0.39, 0.29) is 26.1 Å². The van der Waals surface area contributed by atoms with Crippen LogP contribution in [0.4, 0.5) is 0 Å². The predicted octanol–water partition coefficient (Wildman–Crippen LogP) is 0.182. The van der Waals surface area contributed by atoms with Crippen LogP contribution in [0.5, 0.6) is 0 Å². The summed E-state index contributed by atoms with van der Waals surface area (Å²) < 4.78 is 34.0. The molecule has 176 valence electrons. The first-order chi connectivity index (χ1) is 14.4. The number of esters is 4. The topological polar surface area (TPSA) is 127 Å². The second kappa shape index (κ2) is 9.92. The van der Waals surface area contributed by atoms with Gasteiger partial charge in [-0.3, -0.25) is 19.2 Å². The number of carbonyl (C=O) groups is 4. The molecule has 0 N–H and O–H groups in total. The normalized spacial score (nSPS) is 31.8. The van der Waals surface area contributed by atoms with Gasteiger partial charge in [0.15, 0.2) is 17.8 Å². The zero-order valence-corrected chi connectivity index (χ0v) is 18.8. The molecule has 3 fully saturated rings. The van der Waals surface area contributed by atoms with E-state index in [1.165, 1.54) is 27.7 Å². The van der Waals surface area contributed by atoms with Gasteiger partial charge in [-0.05, 0) is 20.5 Å². The van der Waals surface area contributed by atoms with E-state index in [1.54, 1.807) is 0 Å². The molecule has 11 nitrogen and oxygen atoms in total. The molecule has 3 aliphatic rings. The van der Waals surface area contributed by atoms with Gasteiger partial charge >= 0.3 is 23.9 Å². The van der Waals surface area contributed by atoms with Crippen molar-refractivity contribution in [3.05, 3.63) is 0 Å². The highest BCUT2D eigenvalue weighted by Gasteiger charge is 2.72. The van der Waals surface area contributed by atoms with Gasteiger partial charge in [0, 0.05) is 40.7 Å². The number of likely N-dealkylation sites (N-methyl/N-ethyl adjacent to an activating group) is 1. The highest BCUT2D eigenvalue weighted by atomic mass is 16.8. The molecule has 1 aliphatic carbocycles. The van der Waals surface area contributed by atoms with Crippen molar-refractivity contribution >= 4 is 23.9 Å². The van der Waals surface area contributed by atoms with Crippen LogP contribution >= 0.6 is 0 Å². The van der Waals surface area contributed by atoms with E-state index in [0.29, 0.717) is 6.54 Å². The monoisotopic (exact) mass is 445 g/mol. The lowest BCUT2D eigenvalue weighted by atomic mass is 9.69. The molecule has 0 radical (unpaired) electrons. The Hall–Kier alpha value is -2.24. The number of nitrogens with zero attached hydrogens (tertiary/aromatic N) is 1. The zero-order chi connectivity index (χ0) is 23.4. The van der Waals surface area contributed by atoms with Crippen molar-refractivity contribution in [1.29, 1.82) is 0 Å². The number of hydrogen-bond acceptors (Lipinski definition) is 11. The average Bonchev–Trinajstić information content (AvgIpc) is 2.62. The maximum absolute atomic E-state index is 12.0. The fraction of sp³-hybridized carbons (Fsp3) is 0.800. The maximum atomic E-state index is 12.0. The highest BCUT2D eigenvalue weighted by Crippen LogP contribution is 2.52. The Balaban J connectivity index is 2.52. The van der Waals surface area contributed by atoms with Crippen molar-refractivity contribution < 1.29 is 47.6 Å². The van der Waals surface area contributed by atoms with Gasteiger partial charge in [0.05, 0.1) is 6.61 Å². The van der Waals surface area contributed by atoms with Gasteiger partial charge in [0.2, 0.25) is 5.79 Å². The third kappa shape index (κ3) is 5.72. The van der Waals surface area contributed by atoms with E-state index in [9.17, 15) is 19.2 Å². The Morgan fingerprint density at radius 3 is 2.03 bits per heavy atom. The second-order valence-electron chi connectivity index (χ2n) is 7.98. The van der Waals surface area contributed by atoms with Gasteiger partial charge in [-0.2, -0.15) is 0 Å². The molecule has 0 aromatic carbocycles. The van der Waals surface area contributed by atoms with Crippen molar-refractivity contribution in [2.45, 2.75) is 70.2 Å². The lowest BCUT2D eigenvalue weighted by molar-refractivity contribution is -0.416. The van der Waals surface area contributed by atoms with Crippen LogP contribution in [0.2, 0.25) is 0 Å². The molecular formula is C20H31NO10. The van der Waals surface area contributed by atoms with Crippen LogP contribution in [-0.2, 0) is 47.6 Å². The van der Waals surface area contributed by atoms with Gasteiger partial charge in [-0.1, -0.05) is 0 Å². The largest absolute Gasteiger partial charge is 0.463 e. The van der Waals surface area contributed by atoms with Crippen molar-refractivity contribution in [3.63, 3.8) is 0 Å². The smallest absolute Gasteiger partial charge is 0.303 e. The summed E-state index contributed by atoms with van der Waals surface area (Å²) in [5, 5.41) is 0. The van der Waals surface area contributed by atoms with Crippen molar-refractivity contribution in [1.82, 2.24) is 4.90 Å². The van der Waals surface area contributed by atoms with Gasteiger partial charge in [0.1, 0.15) is 12.7 Å². The summed E-state index contributed by atoms with van der Waals surface area (Å²) in [7, 11) is 3.73. The minimum absolute atomic E-state index is 0.177. The molecular weight excluding hydrogens is 414 g/mol. The first-order valence-corrected chi connectivity index (χ1v) is 10.1. The number of fused-ring (bicyclic) bond motifs is 3. The molecule has 0 aromatic rings. The van der Waals surface area contributed by atoms with Gasteiger partial charge < -0.3 is 33.3 Å². The summed E-state index contributed by atoms with van der Waals surface area (Å²) in [6.45, 7) is 5.32. The molecule has 2 aliphatic heterocycles. The van der Waals surface area contributed by atoms with E-state index >= 15 is 0 Å². The molecule has 2 saturated heterocycles. The lowest BCUT2D eigenvalue weighted by Gasteiger charge is -2.60. The predicted molar refractivity (Wildman–Crippen MR) is 104 cm³/mol. The molecule has 0 spiro atoms. The van der Waals surface area contributed by atoms with Crippen LogP contribution in [0.25, 0.3) is 0 Å². The summed E-state index contributed by atoms with van der Waals surface area (Å²) in [6.07, 6.45) is -3.06. The molecule has 2 heterocycles. The second-order valence-corrected chi connectivity index (χ2v) is 7.98. The zero-order valence-electron chi connectivity index (χ0n) is 18.8. The summed E-state index contributed by atoms with van der Waals surface area (Å²) >= 11 is 0. The Morgan fingerprint density at radius 2 is 1.52 bits per heavy atom. The minimum Gasteiger partial charge on any atom is -0.463 e. The van der Waals surface area contributed by atoms with Crippen molar-refractivity contribution in [2.24, 2.45) is 0 Å². The van der Waals surface area contributed by atoms with Gasteiger partial charge in [0.25, 0.3) is 0 Å². The quantitative estimate of drug-likeness (QED) is 0.356. The Kier molecular flexibility index (Phi) is 8.01. The molecule has 11 heteroatoms. The minimum atomic E-state index is -1.53. The van der Waals surface area contributed by atoms with Gasteiger partial charge in [-0.25, -0.2) is 0 Å². The van der Waals surface area contributed by atoms with E-state index in [0.717, 1.165) is 0 Å². The van der Waals surface area contributed by atoms with Crippen LogP contribution in [0.15, 0.2) is 0 Å². The molecule has 2 bridgehead atoms. The molecule has 1 saturated carbocycles. The average molecular weight is 445 g/mol. The van der Waals surface area contributed by atoms with E-state index in [4.69, 9.17) is 28.4 Å². The first-order valence-electron chi connectivity index (χ1n) is 10.1. The summed E-state index contributed by atoms with van der Waals surface area (Å²) in [4.78, 5) is 49.2. The highest BCUT2D eigenvalue weighted by molar-refractivity contribution is 5.69. The van der Waals surface area contributed by atoms with Crippen LogP contribution in [-0.4, -0.2) is 92.3 Å². The summed E-state index contributed by atoms with van der Waals surface area (Å²) in [5.41, 5.74) is -1.53. The third-order valence-electron chi connectivity index (χ3n) is 5.18. The number of hydrogen-bond donors (Lipinski definition) is 0. The standard InChI is InChI=1S/C20H31NO10/c1-12(22)26-11-16-19(30-15(4)25)7-8-20(31-16,27-10-9-21(5)6)18(29-14(3)24)17(19)28-13(2)23/h16-18H,7-11H2,1-6H3/t16-,17?,18+,19?,20+/m1/s1. The van der Waals surface area contributed by atoms with Crippen LogP contribution in [0.3, 0.4) is 0 Å². The number of ether oxygens (including phenoxy) is 6. The molecule has 0 amide bonds. The summed E-state index contributed by atoms with van der Waals surface area (Å²) in [6, 6.07) is 0. The van der Waals surface area contributed by atoms with Crippen molar-refractivity contribution in [2.75, 3.05) is 33.9 Å². The molecule has 5 atom stereocenters. The fourth-order valence-corrected chi connectivity index (χ4v) is 4.02. The van der Waals surface area contributed by atoms with Gasteiger partial charge in [-0.15, -0.1) is 0 Å². The van der Waals surface area contributed by atoms with E-state index in [1.807, 2.05) is 19.0 Å². The first kappa shape index (κ1) is 25.0. The number of rotatable bonds is 9. The number of carbonyl (C=O) groups excluding carboxylic acids is 4. The lowest BCUT2D eigenvalue weighted by Crippen LogP contribution is -2.78. The van der Waals surface area contributed by atoms with Crippen LogP contribution < -0.4 is 0 Å². The molecule has 3 rings (SSSR count). The van der Waals surface area contributed by atoms with Crippen molar-refractivity contribution in [3.8, 4) is 0 Å². The molecule has 2 unspecified atom stereocenters. The van der Waals surface area contributed by atoms with Crippen LogP contribution in [0, 0.1) is 0 Å². The van der Waals surface area contributed by atoms with E-state index < -0.39 is 53.6 Å². The van der Waals surface area contributed by atoms with Crippen LogP contribution in [0.1, 0.15) is 40.5 Å². The van der Waals surface area contributed by atoms with E-state index in [2.05, 4.69) is 0 Å². The fourth-order valence-electron chi connectivity index (χ4n) is 4.02. The summed E-state index contributed by atoms with van der Waals surface area (Å²) in [5.74, 6) is -4.02. The maximum Gasteiger partial charge on any atom is 0.303 e. The Labute approximate surface area is 181 Å². The molecule has 31 heavy (non-hydrogen) atoms.